The molecule has 2 aromatic rings. The normalized spacial score (nSPS) is 16.2. The number of aliphatic imine (C=N–C) groups is 1. The van der Waals surface area contributed by atoms with Crippen LogP contribution in [0.25, 0.3) is 6.08 Å². The molecule has 7 heteroatoms. The average Bonchev–Trinajstić information content (AvgIpc) is 3.01. The van der Waals surface area contributed by atoms with Gasteiger partial charge >= 0.3 is 5.97 Å². The monoisotopic (exact) mass is 385 g/mol. The van der Waals surface area contributed by atoms with Gasteiger partial charge in [0.1, 0.15) is 0 Å². The quantitative estimate of drug-likeness (QED) is 0.555. The van der Waals surface area contributed by atoms with Crippen molar-refractivity contribution in [2.75, 3.05) is 0 Å². The van der Waals surface area contributed by atoms with Gasteiger partial charge in [-0.15, -0.1) is 0 Å². The number of halogens is 3. The molecule has 0 atom stereocenters. The molecule has 0 N–H and O–H groups in total. The molecular weight excluding hydrogens is 381 g/mol. The Bertz CT molecular complexity index is 795. The predicted octanol–water partition coefficient (Wildman–Crippen LogP) is 4.69. The number of cyclic esters (lactones) is 1. The van der Waals surface area contributed by atoms with Crippen LogP contribution in [0.5, 0.6) is 0 Å². The zero-order valence-electron chi connectivity index (χ0n) is 10.3. The fraction of sp³-hybridized carbons (Fsp3) is 0. The van der Waals surface area contributed by atoms with E-state index in [0.29, 0.717) is 26.0 Å². The minimum atomic E-state index is -0.552. The largest absolute Gasteiger partial charge is 0.444 e. The van der Waals surface area contributed by atoms with Crippen LogP contribution in [0.1, 0.15) is 11.3 Å². The van der Waals surface area contributed by atoms with E-state index in [9.17, 15) is 4.79 Å². The predicted molar refractivity (Wildman–Crippen MR) is 83.5 cm³/mol. The molecule has 0 saturated carbocycles. The van der Waals surface area contributed by atoms with E-state index in [-0.39, 0.29) is 11.6 Å². The number of hydrogen-bond donors (Lipinski definition) is 0. The number of carbonyl (C=O) groups is 1. The fourth-order valence-corrected chi connectivity index (χ4v) is 2.32. The van der Waals surface area contributed by atoms with Crippen LogP contribution in [-0.4, -0.2) is 11.9 Å². The van der Waals surface area contributed by atoms with Gasteiger partial charge in [-0.2, -0.15) is 0 Å². The molecule has 21 heavy (non-hydrogen) atoms. The molecular formula is C14H6BrCl2NO3. The molecule has 0 unspecified atom stereocenters. The first-order valence-electron chi connectivity index (χ1n) is 5.76. The van der Waals surface area contributed by atoms with E-state index in [4.69, 9.17) is 32.4 Å². The summed E-state index contributed by atoms with van der Waals surface area (Å²) < 4.78 is 10.9. The highest BCUT2D eigenvalue weighted by Gasteiger charge is 2.26. The van der Waals surface area contributed by atoms with Crippen LogP contribution in [0.3, 0.4) is 0 Å². The summed E-state index contributed by atoms with van der Waals surface area (Å²) in [4.78, 5) is 15.9. The standard InChI is InChI=1S/C14H6BrCl2NO3/c15-12-4-3-11(20-12)13-18-10(14(19)21-13)6-7-1-2-8(16)9(17)5-7/h1-6H. The van der Waals surface area contributed by atoms with Crippen molar-refractivity contribution in [3.63, 3.8) is 0 Å². The van der Waals surface area contributed by atoms with Crippen LogP contribution in [-0.2, 0) is 9.53 Å². The fourth-order valence-electron chi connectivity index (χ4n) is 1.70. The third-order valence-corrected chi connectivity index (χ3v) is 3.82. The lowest BCUT2D eigenvalue weighted by Crippen LogP contribution is -2.04. The van der Waals surface area contributed by atoms with Crippen LogP contribution in [0.4, 0.5) is 0 Å². The maximum Gasteiger partial charge on any atom is 0.363 e. The highest BCUT2D eigenvalue weighted by atomic mass is 79.9. The maximum absolute atomic E-state index is 11.8. The number of benzene rings is 1. The second-order valence-electron chi connectivity index (χ2n) is 4.11. The van der Waals surface area contributed by atoms with E-state index >= 15 is 0 Å². The molecule has 1 aliphatic rings. The number of nitrogens with zero attached hydrogens (tertiary/aromatic N) is 1. The van der Waals surface area contributed by atoms with E-state index in [0.717, 1.165) is 0 Å². The number of carbonyl (C=O) groups excluding carboxylic acids is 1. The summed E-state index contributed by atoms with van der Waals surface area (Å²) in [5.41, 5.74) is 0.859. The first-order valence-corrected chi connectivity index (χ1v) is 7.31. The molecule has 0 bridgehead atoms. The Labute approximate surface area is 138 Å². The van der Waals surface area contributed by atoms with Crippen LogP contribution in [0, 0.1) is 0 Å². The molecule has 0 amide bonds. The minimum Gasteiger partial charge on any atom is -0.444 e. The number of ether oxygens (including phenoxy) is 1. The van der Waals surface area contributed by atoms with Gasteiger partial charge in [0, 0.05) is 0 Å². The minimum absolute atomic E-state index is 0.122. The Balaban J connectivity index is 1.94. The molecule has 0 radical (unpaired) electrons. The molecule has 0 fully saturated rings. The zero-order chi connectivity index (χ0) is 15.0. The summed E-state index contributed by atoms with van der Waals surface area (Å²) in [6.07, 6.45) is 1.57. The molecule has 1 aliphatic heterocycles. The Morgan fingerprint density at radius 1 is 1.14 bits per heavy atom. The van der Waals surface area contributed by atoms with Gasteiger partial charge < -0.3 is 9.15 Å². The molecule has 0 spiro atoms. The number of rotatable bonds is 2. The van der Waals surface area contributed by atoms with Crippen molar-refractivity contribution in [3.05, 3.63) is 62.1 Å². The number of furan rings is 1. The Morgan fingerprint density at radius 2 is 1.95 bits per heavy atom. The maximum atomic E-state index is 11.8. The summed E-state index contributed by atoms with van der Waals surface area (Å²) in [6.45, 7) is 0. The van der Waals surface area contributed by atoms with Crippen molar-refractivity contribution in [1.82, 2.24) is 0 Å². The topological polar surface area (TPSA) is 51.8 Å². The second kappa shape index (κ2) is 5.67. The molecule has 0 saturated heterocycles. The lowest BCUT2D eigenvalue weighted by Gasteiger charge is -1.97. The van der Waals surface area contributed by atoms with Gasteiger partial charge in [0.05, 0.1) is 10.0 Å². The summed E-state index contributed by atoms with van der Waals surface area (Å²) in [6, 6.07) is 8.35. The van der Waals surface area contributed by atoms with E-state index in [1.54, 1.807) is 36.4 Å². The average molecular weight is 387 g/mol. The summed E-state index contributed by atoms with van der Waals surface area (Å²) in [5.74, 6) is -0.0617. The molecule has 0 aliphatic carbocycles. The highest BCUT2D eigenvalue weighted by molar-refractivity contribution is 9.10. The van der Waals surface area contributed by atoms with Gasteiger partial charge in [-0.1, -0.05) is 29.3 Å². The first kappa shape index (κ1) is 14.4. The van der Waals surface area contributed by atoms with Gasteiger partial charge in [-0.05, 0) is 51.8 Å². The Kier molecular flexibility index (Phi) is 3.89. The van der Waals surface area contributed by atoms with E-state index in [1.165, 1.54) is 0 Å². The summed E-state index contributed by atoms with van der Waals surface area (Å²) >= 11 is 14.9. The Hall–Kier alpha value is -1.56. The molecule has 2 heterocycles. The molecule has 4 nitrogen and oxygen atoms in total. The van der Waals surface area contributed by atoms with Crippen molar-refractivity contribution in [3.8, 4) is 0 Å². The van der Waals surface area contributed by atoms with Crippen LogP contribution in [0.2, 0.25) is 10.0 Å². The van der Waals surface area contributed by atoms with Crippen molar-refractivity contribution < 1.29 is 13.9 Å². The second-order valence-corrected chi connectivity index (χ2v) is 5.71. The molecule has 106 valence electrons. The van der Waals surface area contributed by atoms with Crippen molar-refractivity contribution >= 4 is 57.1 Å². The van der Waals surface area contributed by atoms with Gasteiger partial charge in [-0.3, -0.25) is 0 Å². The van der Waals surface area contributed by atoms with Crippen LogP contribution in [0.15, 0.2) is 50.1 Å². The van der Waals surface area contributed by atoms with E-state index in [2.05, 4.69) is 20.9 Å². The SMILES string of the molecule is O=C1OC(c2ccc(Br)o2)=NC1=Cc1ccc(Cl)c(Cl)c1. The summed E-state index contributed by atoms with van der Waals surface area (Å²) in [5, 5.41) is 0.842. The van der Waals surface area contributed by atoms with Gasteiger partial charge in [-0.25, -0.2) is 9.79 Å². The molecule has 1 aromatic heterocycles. The number of hydrogen-bond acceptors (Lipinski definition) is 4. The van der Waals surface area contributed by atoms with E-state index in [1.807, 2.05) is 0 Å². The third kappa shape index (κ3) is 3.05. The Morgan fingerprint density at radius 3 is 2.62 bits per heavy atom. The summed E-state index contributed by atoms with van der Waals surface area (Å²) in [7, 11) is 0. The lowest BCUT2D eigenvalue weighted by atomic mass is 10.2. The smallest absolute Gasteiger partial charge is 0.363 e. The number of esters is 1. The van der Waals surface area contributed by atoms with Gasteiger partial charge in [0.15, 0.2) is 16.1 Å². The van der Waals surface area contributed by atoms with Gasteiger partial charge in [0.2, 0.25) is 0 Å². The lowest BCUT2D eigenvalue weighted by molar-refractivity contribution is -0.130. The zero-order valence-corrected chi connectivity index (χ0v) is 13.4. The van der Waals surface area contributed by atoms with Crippen molar-refractivity contribution in [2.24, 2.45) is 4.99 Å². The highest BCUT2D eigenvalue weighted by Crippen LogP contribution is 2.26. The van der Waals surface area contributed by atoms with Crippen LogP contribution < -0.4 is 0 Å². The van der Waals surface area contributed by atoms with Crippen LogP contribution >= 0.6 is 39.1 Å². The van der Waals surface area contributed by atoms with Gasteiger partial charge in [0.25, 0.3) is 5.90 Å². The van der Waals surface area contributed by atoms with Crippen molar-refractivity contribution in [1.29, 1.82) is 0 Å². The first-order chi connectivity index (χ1) is 10.0. The van der Waals surface area contributed by atoms with Crippen molar-refractivity contribution in [2.45, 2.75) is 0 Å². The van der Waals surface area contributed by atoms with E-state index < -0.39 is 5.97 Å². The molecule has 1 aromatic carbocycles. The third-order valence-electron chi connectivity index (χ3n) is 2.65. The molecule has 3 rings (SSSR count).